The van der Waals surface area contributed by atoms with Gasteiger partial charge in [-0.25, -0.2) is 43.1 Å². The molecule has 638 valence electrons. The number of aryl methyl sites for hydroxylation is 2. The summed E-state index contributed by atoms with van der Waals surface area (Å²) in [5.74, 6) is -4.88. The number of amides is 4. The molecule has 0 radical (unpaired) electrons. The van der Waals surface area contributed by atoms with E-state index in [2.05, 4.69) is 83.1 Å². The number of ether oxygens (including phenoxy) is 2. The summed E-state index contributed by atoms with van der Waals surface area (Å²) < 4.78 is 157. The molecule has 0 aliphatic carbocycles. The summed E-state index contributed by atoms with van der Waals surface area (Å²) in [6, 6.07) is 28.1. The average molecular weight is 1720 g/mol. The zero-order chi connectivity index (χ0) is 88.9. The van der Waals surface area contributed by atoms with Crippen molar-refractivity contribution in [3.05, 3.63) is 208 Å². The van der Waals surface area contributed by atoms with Crippen molar-refractivity contribution in [1.82, 2.24) is 14.0 Å². The number of carbonyl (C=O) groups excluding carboxylic acids is 4. The van der Waals surface area contributed by atoms with E-state index in [1.54, 1.807) is 56.0 Å². The van der Waals surface area contributed by atoms with Crippen molar-refractivity contribution in [3.63, 3.8) is 0 Å². The van der Waals surface area contributed by atoms with Crippen molar-refractivity contribution in [2.45, 2.75) is 117 Å². The smallest absolute Gasteiger partial charge is 0.266 e. The molecule has 10 aromatic carbocycles. The Morgan fingerprint density at radius 3 is 0.817 bits per heavy atom. The quantitative estimate of drug-likeness (QED) is 0.0272. The summed E-state index contributed by atoms with van der Waals surface area (Å²) in [7, 11) is -18.2. The molecule has 0 saturated heterocycles. The maximum absolute atomic E-state index is 14.2. The molecule has 0 fully saturated rings. The van der Waals surface area contributed by atoms with Crippen LogP contribution < -0.4 is 56.2 Å². The second-order valence-electron chi connectivity index (χ2n) is 28.7. The van der Waals surface area contributed by atoms with Crippen molar-refractivity contribution in [2.24, 2.45) is 7.05 Å². The number of aromatic nitrogens is 2. The second kappa shape index (κ2) is 37.8. The Kier molecular flexibility index (Phi) is 29.3. The van der Waals surface area contributed by atoms with Crippen LogP contribution in [0.4, 0.5) is 5.69 Å². The number of nitrogens with one attached hydrogen (secondary N) is 4. The molecule has 0 spiro atoms. The highest BCUT2D eigenvalue weighted by Gasteiger charge is 2.38. The third-order valence-corrected chi connectivity index (χ3v) is 25.5. The minimum atomic E-state index is -5.37. The Labute approximate surface area is 695 Å². The molecule has 0 unspecified atom stereocenters. The molecule has 4 heterocycles. The Hall–Kier alpha value is -10.9. The van der Waals surface area contributed by atoms with Gasteiger partial charge in [-0.15, -0.1) is 0 Å². The summed E-state index contributed by atoms with van der Waals surface area (Å²) in [4.78, 5) is 110. The van der Waals surface area contributed by atoms with E-state index in [1.165, 1.54) is 131 Å². The van der Waals surface area contributed by atoms with Crippen LogP contribution in [0.3, 0.4) is 0 Å². The van der Waals surface area contributed by atoms with Gasteiger partial charge in [0.25, 0.3) is 45.9 Å². The van der Waals surface area contributed by atoms with Crippen LogP contribution in [-0.2, 0) is 47.5 Å². The van der Waals surface area contributed by atoms with Crippen LogP contribution >= 0.6 is 0 Å². The highest BCUT2D eigenvalue weighted by Crippen LogP contribution is 2.47. The maximum atomic E-state index is 14.2. The fourth-order valence-electron chi connectivity index (χ4n) is 14.8. The van der Waals surface area contributed by atoms with Gasteiger partial charge in [0.2, 0.25) is 0 Å². The number of anilines is 1. The first kappa shape index (κ1) is 93.0. The van der Waals surface area contributed by atoms with E-state index in [0.717, 1.165) is 81.1 Å². The first-order chi connectivity index (χ1) is 56.5. The largest absolute Gasteiger partial charge is 0.744 e. The second-order valence-corrected chi connectivity index (χ2v) is 34.1. The topological polar surface area (TPSA) is 418 Å². The molecule has 0 atom stereocenters. The number of carbonyl (C=O) groups is 4. The fraction of sp³-hybridized carbons (Fsp3) is 0.326. The highest BCUT2D eigenvalue weighted by atomic mass is 32.2. The van der Waals surface area contributed by atoms with Gasteiger partial charge in [-0.2, -0.15) is 0 Å². The molecular weight excluding hydrogens is 1630 g/mol. The van der Waals surface area contributed by atoms with Crippen LogP contribution in [0.5, 0.6) is 23.0 Å². The van der Waals surface area contributed by atoms with Crippen molar-refractivity contribution < 1.29 is 100 Å². The van der Waals surface area contributed by atoms with E-state index in [4.69, 9.17) is 9.47 Å². The minimum Gasteiger partial charge on any atom is -0.744 e. The van der Waals surface area contributed by atoms with E-state index < -0.39 is 129 Å². The van der Waals surface area contributed by atoms with Gasteiger partial charge in [-0.3, -0.25) is 47.8 Å². The molecule has 12 aromatic rings. The first-order valence-corrected chi connectivity index (χ1v) is 45.0. The molecule has 2 aliphatic heterocycles. The van der Waals surface area contributed by atoms with Crippen LogP contribution in [0.2, 0.25) is 0 Å². The van der Waals surface area contributed by atoms with Crippen LogP contribution in [-0.4, -0.2) is 175 Å². The number of imide groups is 2. The summed E-state index contributed by atoms with van der Waals surface area (Å²) in [5, 5.41) is 4.29. The summed E-state index contributed by atoms with van der Waals surface area (Å²) in [5.41, 5.74) is -2.14. The minimum absolute atomic E-state index is 0.0851. The third kappa shape index (κ3) is 18.8. The number of nitrogens with zero attached hydrogens (tertiary/aromatic N) is 4. The molecule has 30 nitrogen and oxygen atoms in total. The number of hydrogen-bond acceptors (Lipinski definition) is 22. The number of hydrogen-bond donors (Lipinski definition) is 4. The SMILES string of the molecule is CC[NH+](CC)CC.CC[NH+](CC)CC.CC[NH+](CC)CC.CC[NH+](CC)CC.Cc1ccc(Oc2ccc(-n3c(=O)c4cc5c(=O)n(C)c(=O)c5cc4c3=O)cc2S(=O)(=O)[O-])c(S(=O)(=O)[O-])c1.Cc1ccc(Oc2ccc(N3C(=O)c4ccc5c6ccc7c8c(ccc(c9ccc(c4c59)C3=O)c86)C(=O)N(C)C7=O)cc2S(=O)(=O)[O-])c(S(=O)(=O)[O-])c1. The molecule has 14 rings (SSSR count). The van der Waals surface area contributed by atoms with Crippen molar-refractivity contribution in [2.75, 3.05) is 90.5 Å². The van der Waals surface area contributed by atoms with Crippen molar-refractivity contribution in [1.29, 1.82) is 0 Å². The molecular formula is C86H98N8O22S4. The first-order valence-electron chi connectivity index (χ1n) is 39.4. The molecule has 120 heavy (non-hydrogen) atoms. The third-order valence-electron chi connectivity index (χ3n) is 22.0. The van der Waals surface area contributed by atoms with Gasteiger partial charge in [-0.05, 0) is 237 Å². The maximum Gasteiger partial charge on any atom is 0.266 e. The van der Waals surface area contributed by atoms with Gasteiger partial charge in [0, 0.05) is 47.1 Å². The molecule has 0 saturated carbocycles. The fourth-order valence-corrected chi connectivity index (χ4v) is 17.4. The van der Waals surface area contributed by atoms with Crippen LogP contribution in [0, 0.1) is 13.8 Å². The van der Waals surface area contributed by atoms with Crippen LogP contribution in [0.15, 0.2) is 172 Å². The van der Waals surface area contributed by atoms with E-state index >= 15 is 0 Å². The predicted octanol–water partition coefficient (Wildman–Crippen LogP) is 5.74. The molecule has 4 amide bonds. The average Bonchev–Trinajstić information content (AvgIpc) is 1.01. The normalized spacial score (nSPS) is 13.0. The molecule has 2 aromatic heterocycles. The standard InChI is InChI=1S/C38H22N2O11S2.C24H16N2O11S2.4C6H15N/c1-17-3-13-27(29(15-17)52(45,46)47)51-28-14-4-18(16-30(28)53(48,49)50)40-37(43)25-11-7-21-19-5-9-23-33-24(36(42)39(2)35(23)41)10-6-20(31(19)33)22-8-12-26(38(40)44)34(25)32(21)22;1-11-3-5-17(19(7-11)38(31,32)33)37-18-6-4-12(8-20(18)39(34,35)36)26-23(29)15-9-13-14(10-16(15)24(26)30)22(28)25(2)21(13)27;4*1-4-7(5-2)6-3/h3-16H,1-2H3,(H,45,46,47)(H,48,49,50);3-10H,1-2H3,(H,31,32,33)(H,34,35,36);4*4-6H2,1-3H3. The Bertz CT molecular complexity index is 6430. The number of quaternary nitrogens is 4. The Morgan fingerprint density at radius 2 is 0.542 bits per heavy atom. The van der Waals surface area contributed by atoms with Crippen LogP contribution in [0.25, 0.3) is 70.3 Å². The van der Waals surface area contributed by atoms with Gasteiger partial charge in [0.05, 0.1) is 131 Å². The zero-order valence-corrected chi connectivity index (χ0v) is 72.9. The van der Waals surface area contributed by atoms with Gasteiger partial charge in [0.1, 0.15) is 63.5 Å². The lowest BCUT2D eigenvalue weighted by atomic mass is 9.82. The van der Waals surface area contributed by atoms with Gasteiger partial charge in [0.15, 0.2) is 0 Å². The predicted molar refractivity (Wildman–Crippen MR) is 454 cm³/mol. The number of rotatable bonds is 22. The summed E-state index contributed by atoms with van der Waals surface area (Å²) >= 11 is 0. The van der Waals surface area contributed by atoms with Gasteiger partial charge in [-0.1, -0.05) is 36.4 Å². The molecule has 0 bridgehead atoms. The highest BCUT2D eigenvalue weighted by molar-refractivity contribution is 7.86. The lowest BCUT2D eigenvalue weighted by Gasteiger charge is -2.30. The summed E-state index contributed by atoms with van der Waals surface area (Å²) in [6.45, 7) is 45.0. The van der Waals surface area contributed by atoms with E-state index in [1.807, 2.05) is 0 Å². The molecule has 4 N–H and O–H groups in total. The number of fused-ring (bicyclic) bond motifs is 4. The van der Waals surface area contributed by atoms with Gasteiger partial charge >= 0.3 is 0 Å². The lowest BCUT2D eigenvalue weighted by Crippen LogP contribution is -3.11. The zero-order valence-electron chi connectivity index (χ0n) is 69.6. The molecule has 34 heteroatoms. The summed E-state index contributed by atoms with van der Waals surface area (Å²) in [6.07, 6.45) is 0. The molecule has 2 aliphatic rings. The van der Waals surface area contributed by atoms with E-state index in [0.29, 0.717) is 76.0 Å². The van der Waals surface area contributed by atoms with Crippen molar-refractivity contribution >= 4 is 134 Å². The monoisotopic (exact) mass is 1720 g/mol. The Morgan fingerprint density at radius 1 is 0.292 bits per heavy atom. The lowest BCUT2D eigenvalue weighted by molar-refractivity contribution is -0.894. The van der Waals surface area contributed by atoms with E-state index in [-0.39, 0.29) is 44.0 Å². The van der Waals surface area contributed by atoms with E-state index in [9.17, 15) is 90.2 Å². The Balaban J connectivity index is 0.000000212. The van der Waals surface area contributed by atoms with Gasteiger partial charge < -0.3 is 47.3 Å². The number of benzene rings is 10. The van der Waals surface area contributed by atoms with Crippen LogP contribution in [0.1, 0.15) is 136 Å². The van der Waals surface area contributed by atoms with Crippen molar-refractivity contribution in [3.8, 4) is 28.7 Å².